The van der Waals surface area contributed by atoms with Gasteiger partial charge in [0.05, 0.1) is 0 Å². The summed E-state index contributed by atoms with van der Waals surface area (Å²) in [4.78, 5) is 9.00. The number of aliphatic carboxylic acids is 1. The molecule has 0 aromatic heterocycles. The molecule has 2 unspecified atom stereocenters. The molecule has 1 aliphatic carbocycles. The van der Waals surface area contributed by atoms with Crippen LogP contribution in [-0.2, 0) is 14.3 Å². The van der Waals surface area contributed by atoms with Gasteiger partial charge in [-0.1, -0.05) is 11.1 Å². The number of carboxylic acids is 1. The fourth-order valence-electron chi connectivity index (χ4n) is 3.78. The van der Waals surface area contributed by atoms with Crippen LogP contribution in [0.1, 0.15) is 84.5 Å². The van der Waals surface area contributed by atoms with E-state index < -0.39 is 5.97 Å². The summed E-state index contributed by atoms with van der Waals surface area (Å²) >= 11 is 0. The Hall–Kier alpha value is -0.910. The van der Waals surface area contributed by atoms with E-state index in [9.17, 15) is 0 Å². The molecule has 1 aliphatic heterocycles. The van der Waals surface area contributed by atoms with Gasteiger partial charge in [-0.05, 0) is 83.5 Å². The van der Waals surface area contributed by atoms with Gasteiger partial charge in [-0.15, -0.1) is 0 Å². The summed E-state index contributed by atoms with van der Waals surface area (Å²) in [5.41, 5.74) is 3.30. The number of aliphatic hydroxyl groups is 1. The van der Waals surface area contributed by atoms with Gasteiger partial charge in [0.2, 0.25) is 0 Å². The summed E-state index contributed by atoms with van der Waals surface area (Å²) in [6, 6.07) is 0. The van der Waals surface area contributed by atoms with Crippen molar-refractivity contribution in [2.45, 2.75) is 90.8 Å². The van der Waals surface area contributed by atoms with Crippen molar-refractivity contribution in [1.82, 2.24) is 0 Å². The third-order valence-corrected chi connectivity index (χ3v) is 5.23. The van der Waals surface area contributed by atoms with E-state index in [1.165, 1.54) is 44.9 Å². The average Bonchev–Trinajstić information content (AvgIpc) is 2.62. The highest BCUT2D eigenvalue weighted by atomic mass is 16.7. The molecule has 0 saturated carbocycles. The minimum absolute atomic E-state index is 0.0623. The van der Waals surface area contributed by atoms with Gasteiger partial charge in [-0.3, -0.25) is 4.79 Å². The van der Waals surface area contributed by atoms with E-state index >= 15 is 0 Å². The lowest BCUT2D eigenvalue weighted by molar-refractivity contribution is -0.162. The van der Waals surface area contributed by atoms with Gasteiger partial charge in [-0.25, -0.2) is 0 Å². The Bertz CT molecular complexity index is 409. The van der Waals surface area contributed by atoms with Crippen LogP contribution in [0.25, 0.3) is 0 Å². The van der Waals surface area contributed by atoms with Gasteiger partial charge in [0.1, 0.15) is 0 Å². The SMILES string of the molecule is CC(=O)O.CC1=C(CCCCOC2CCCCO2)CCCC1CCCO. The van der Waals surface area contributed by atoms with E-state index in [4.69, 9.17) is 24.5 Å². The van der Waals surface area contributed by atoms with Gasteiger partial charge in [-0.2, -0.15) is 0 Å². The first-order chi connectivity index (χ1) is 12.5. The quantitative estimate of drug-likeness (QED) is 0.455. The molecular weight excluding hydrogens is 332 g/mol. The molecule has 2 N–H and O–H groups in total. The van der Waals surface area contributed by atoms with Crippen molar-refractivity contribution in [2.24, 2.45) is 5.92 Å². The molecule has 1 fully saturated rings. The predicted molar refractivity (Wildman–Crippen MR) is 103 cm³/mol. The first kappa shape index (κ1) is 23.1. The van der Waals surface area contributed by atoms with Crippen LogP contribution in [0.3, 0.4) is 0 Å². The Morgan fingerprint density at radius 2 is 1.96 bits per heavy atom. The van der Waals surface area contributed by atoms with Crippen molar-refractivity contribution in [1.29, 1.82) is 0 Å². The normalized spacial score (nSPS) is 23.3. The number of unbranched alkanes of at least 4 members (excludes halogenated alkanes) is 1. The van der Waals surface area contributed by atoms with Crippen molar-refractivity contribution in [3.8, 4) is 0 Å². The number of ether oxygens (including phenoxy) is 2. The third-order valence-electron chi connectivity index (χ3n) is 5.23. The van der Waals surface area contributed by atoms with Crippen LogP contribution >= 0.6 is 0 Å². The maximum atomic E-state index is 9.02. The zero-order chi connectivity index (χ0) is 19.2. The molecule has 0 bridgehead atoms. The second-order valence-electron chi connectivity index (χ2n) is 7.38. The molecule has 152 valence electrons. The second kappa shape index (κ2) is 14.2. The highest BCUT2D eigenvalue weighted by Crippen LogP contribution is 2.35. The highest BCUT2D eigenvalue weighted by molar-refractivity contribution is 5.62. The second-order valence-corrected chi connectivity index (χ2v) is 7.38. The van der Waals surface area contributed by atoms with E-state index in [0.717, 1.165) is 51.7 Å². The number of hydrogen-bond acceptors (Lipinski definition) is 4. The highest BCUT2D eigenvalue weighted by Gasteiger charge is 2.19. The maximum Gasteiger partial charge on any atom is 0.300 e. The van der Waals surface area contributed by atoms with Gasteiger partial charge < -0.3 is 19.7 Å². The largest absolute Gasteiger partial charge is 0.481 e. The Morgan fingerprint density at radius 1 is 1.19 bits per heavy atom. The van der Waals surface area contributed by atoms with Crippen LogP contribution in [0.15, 0.2) is 11.1 Å². The Kier molecular flexibility index (Phi) is 12.6. The molecule has 26 heavy (non-hydrogen) atoms. The summed E-state index contributed by atoms with van der Waals surface area (Å²) < 4.78 is 11.4. The van der Waals surface area contributed by atoms with Gasteiger partial charge in [0.25, 0.3) is 5.97 Å². The topological polar surface area (TPSA) is 76.0 Å². The number of allylic oxidation sites excluding steroid dienone is 2. The smallest absolute Gasteiger partial charge is 0.300 e. The van der Waals surface area contributed by atoms with Crippen LogP contribution in [0.2, 0.25) is 0 Å². The fourth-order valence-corrected chi connectivity index (χ4v) is 3.78. The van der Waals surface area contributed by atoms with Gasteiger partial charge in [0.15, 0.2) is 6.29 Å². The van der Waals surface area contributed by atoms with Crippen LogP contribution in [0, 0.1) is 5.92 Å². The standard InChI is InChI=1S/C19H34O3.C2H4O2/c1-16-17(9-6-10-18(16)11-7-13-20)8-2-4-14-21-19-12-3-5-15-22-19;1-2(3)4/h18-20H,2-15H2,1H3;1H3,(H,3,4). The lowest BCUT2D eigenvalue weighted by atomic mass is 9.79. The van der Waals surface area contributed by atoms with E-state index in [2.05, 4.69) is 6.92 Å². The molecule has 0 amide bonds. The summed E-state index contributed by atoms with van der Waals surface area (Å²) in [5.74, 6) is -0.109. The molecule has 2 aliphatic rings. The summed E-state index contributed by atoms with van der Waals surface area (Å²) in [7, 11) is 0. The molecule has 2 rings (SSSR count). The van der Waals surface area contributed by atoms with E-state index in [1.807, 2.05) is 0 Å². The lowest BCUT2D eigenvalue weighted by Crippen LogP contribution is -2.22. The summed E-state index contributed by atoms with van der Waals surface area (Å²) in [6.45, 7) is 5.44. The lowest BCUT2D eigenvalue weighted by Gasteiger charge is -2.27. The average molecular weight is 371 g/mol. The zero-order valence-corrected chi connectivity index (χ0v) is 16.7. The van der Waals surface area contributed by atoms with Gasteiger partial charge >= 0.3 is 0 Å². The first-order valence-electron chi connectivity index (χ1n) is 10.3. The molecule has 0 spiro atoms. The Balaban J connectivity index is 0.000000765. The minimum atomic E-state index is -0.833. The zero-order valence-electron chi connectivity index (χ0n) is 16.7. The van der Waals surface area contributed by atoms with E-state index in [0.29, 0.717) is 6.61 Å². The molecule has 5 heteroatoms. The number of carboxylic acid groups (broad SMARTS) is 1. The van der Waals surface area contributed by atoms with Crippen LogP contribution in [0.4, 0.5) is 0 Å². The first-order valence-corrected chi connectivity index (χ1v) is 10.3. The molecule has 1 heterocycles. The van der Waals surface area contributed by atoms with E-state index in [1.54, 1.807) is 11.1 Å². The number of hydrogen-bond donors (Lipinski definition) is 2. The van der Waals surface area contributed by atoms with E-state index in [-0.39, 0.29) is 6.29 Å². The maximum absolute atomic E-state index is 9.02. The number of aliphatic hydroxyl groups excluding tert-OH is 1. The van der Waals surface area contributed by atoms with Crippen LogP contribution in [-0.4, -0.2) is 42.3 Å². The fraction of sp³-hybridized carbons (Fsp3) is 0.857. The minimum Gasteiger partial charge on any atom is -0.481 e. The van der Waals surface area contributed by atoms with Crippen LogP contribution in [0.5, 0.6) is 0 Å². The predicted octanol–water partition coefficient (Wildman–Crippen LogP) is 4.68. The summed E-state index contributed by atoms with van der Waals surface area (Å²) in [6.07, 6.45) is 13.2. The van der Waals surface area contributed by atoms with Crippen molar-refractivity contribution in [2.75, 3.05) is 19.8 Å². The Labute approximate surface area is 158 Å². The summed E-state index contributed by atoms with van der Waals surface area (Å²) in [5, 5.41) is 16.4. The van der Waals surface area contributed by atoms with Crippen molar-refractivity contribution in [3.05, 3.63) is 11.1 Å². The van der Waals surface area contributed by atoms with Gasteiger partial charge in [0, 0.05) is 26.7 Å². The third kappa shape index (κ3) is 10.3. The molecule has 0 aromatic carbocycles. The van der Waals surface area contributed by atoms with Crippen molar-refractivity contribution in [3.63, 3.8) is 0 Å². The molecule has 0 radical (unpaired) electrons. The monoisotopic (exact) mass is 370 g/mol. The Morgan fingerprint density at radius 3 is 2.62 bits per heavy atom. The van der Waals surface area contributed by atoms with Crippen LogP contribution < -0.4 is 0 Å². The van der Waals surface area contributed by atoms with Crippen molar-refractivity contribution >= 4 is 5.97 Å². The number of carbonyl (C=O) groups is 1. The molecule has 1 saturated heterocycles. The molecular formula is C21H38O5. The molecule has 2 atom stereocenters. The van der Waals surface area contributed by atoms with Crippen molar-refractivity contribution < 1.29 is 24.5 Å². The molecule has 5 nitrogen and oxygen atoms in total. The molecule has 0 aromatic rings. The number of rotatable bonds is 9.